The number of aryl methyl sites for hydroxylation is 3. The van der Waals surface area contributed by atoms with Crippen molar-refractivity contribution in [3.8, 4) is 5.69 Å². The van der Waals surface area contributed by atoms with Crippen molar-refractivity contribution in [2.24, 2.45) is 0 Å². The molecule has 0 saturated carbocycles. The van der Waals surface area contributed by atoms with Crippen molar-refractivity contribution >= 4 is 16.7 Å². The van der Waals surface area contributed by atoms with Crippen molar-refractivity contribution in [3.05, 3.63) is 65.2 Å². The number of H-pyrrole nitrogens is 1. The zero-order valence-electron chi connectivity index (χ0n) is 17.3. The highest BCUT2D eigenvalue weighted by Crippen LogP contribution is 2.44. The Hall–Kier alpha value is -3.15. The normalized spacial score (nSPS) is 19.4. The van der Waals surface area contributed by atoms with Crippen LogP contribution in [0.2, 0.25) is 0 Å². The Morgan fingerprint density at radius 3 is 2.62 bits per heavy atom. The molecule has 29 heavy (non-hydrogen) atoms. The molecule has 5 rings (SSSR count). The summed E-state index contributed by atoms with van der Waals surface area (Å²) >= 11 is 0. The number of nitrogens with zero attached hydrogens (tertiary/aromatic N) is 5. The van der Waals surface area contributed by atoms with Crippen LogP contribution in [0.3, 0.4) is 0 Å². The summed E-state index contributed by atoms with van der Waals surface area (Å²) in [5.41, 5.74) is 7.63. The molecular formula is C23H25N6. The minimum Gasteiger partial charge on any atom is -0.357 e. The minimum atomic E-state index is -0.233. The first-order chi connectivity index (χ1) is 14.0. The fourth-order valence-electron chi connectivity index (χ4n) is 4.50. The molecule has 6 heteroatoms. The molecule has 2 aromatic carbocycles. The van der Waals surface area contributed by atoms with Gasteiger partial charge in [0, 0.05) is 12.6 Å². The third kappa shape index (κ3) is 2.74. The third-order valence-electron chi connectivity index (χ3n) is 6.29. The summed E-state index contributed by atoms with van der Waals surface area (Å²) in [7, 11) is 0. The van der Waals surface area contributed by atoms with E-state index in [1.807, 2.05) is 6.07 Å². The number of nitrogens with one attached hydrogen (secondary N) is 1. The first-order valence-electron chi connectivity index (χ1n) is 10.1. The van der Waals surface area contributed by atoms with Gasteiger partial charge in [-0.15, -0.1) is 4.80 Å². The predicted molar refractivity (Wildman–Crippen MR) is 114 cm³/mol. The van der Waals surface area contributed by atoms with Gasteiger partial charge in [-0.25, -0.2) is 4.98 Å². The molecule has 1 fully saturated rings. The van der Waals surface area contributed by atoms with Gasteiger partial charge in [0.2, 0.25) is 0 Å². The van der Waals surface area contributed by atoms with Gasteiger partial charge in [0.25, 0.3) is 0 Å². The Morgan fingerprint density at radius 1 is 1.07 bits per heavy atom. The number of fused-ring (bicyclic) bond motifs is 1. The maximum atomic E-state index is 5.02. The standard InChI is InChI=1S/C23H25N6/c1-15-7-5-8-20(29-24-10-11-25-29)21(15)28-12-6-9-23(28,4)22-26-18-13-16(2)17(3)14-19(18)27-22/h5,7,10-11,13-14H,6,9,12H2,1-4H3,(H,26,27)/t23-/m0/s1. The summed E-state index contributed by atoms with van der Waals surface area (Å²) < 4.78 is 0. The number of hydrogen-bond donors (Lipinski definition) is 1. The Kier molecular flexibility index (Phi) is 3.98. The van der Waals surface area contributed by atoms with Crippen molar-refractivity contribution in [1.82, 2.24) is 25.0 Å². The molecule has 1 N–H and O–H groups in total. The molecule has 2 aromatic heterocycles. The van der Waals surface area contributed by atoms with Crippen LogP contribution in [0.1, 0.15) is 42.3 Å². The maximum Gasteiger partial charge on any atom is 0.132 e. The molecule has 3 heterocycles. The van der Waals surface area contributed by atoms with E-state index in [1.165, 1.54) is 16.7 Å². The van der Waals surface area contributed by atoms with Crippen LogP contribution in [0.25, 0.3) is 16.7 Å². The van der Waals surface area contributed by atoms with E-state index >= 15 is 0 Å². The second-order valence-corrected chi connectivity index (χ2v) is 8.24. The van der Waals surface area contributed by atoms with Crippen LogP contribution in [-0.2, 0) is 5.54 Å². The van der Waals surface area contributed by atoms with Crippen LogP contribution in [0, 0.1) is 26.8 Å². The highest BCUT2D eigenvalue weighted by molar-refractivity contribution is 5.78. The highest BCUT2D eigenvalue weighted by atomic mass is 15.5. The summed E-state index contributed by atoms with van der Waals surface area (Å²) in [6.07, 6.45) is 5.54. The number of hydrogen-bond acceptors (Lipinski definition) is 4. The van der Waals surface area contributed by atoms with E-state index in [2.05, 4.69) is 72.0 Å². The maximum absolute atomic E-state index is 5.02. The Labute approximate surface area is 170 Å². The molecule has 1 atom stereocenters. The van der Waals surface area contributed by atoms with Gasteiger partial charge in [-0.05, 0) is 69.4 Å². The SMILES string of the molecule is Cc1cc2nc([C@]3(C)CCCN3c3c(-n4nccn4)[c]ccc3C)[nH]c2cc1C. The molecule has 1 aliphatic heterocycles. The van der Waals surface area contributed by atoms with Crippen LogP contribution < -0.4 is 4.90 Å². The van der Waals surface area contributed by atoms with Crippen LogP contribution in [0.5, 0.6) is 0 Å². The van der Waals surface area contributed by atoms with Gasteiger partial charge in [0.15, 0.2) is 0 Å². The quantitative estimate of drug-likeness (QED) is 0.568. The van der Waals surface area contributed by atoms with Gasteiger partial charge >= 0.3 is 0 Å². The molecule has 0 amide bonds. The summed E-state index contributed by atoms with van der Waals surface area (Å²) in [5, 5.41) is 8.72. The highest BCUT2D eigenvalue weighted by Gasteiger charge is 2.42. The van der Waals surface area contributed by atoms with E-state index in [9.17, 15) is 0 Å². The fraction of sp³-hybridized carbons (Fsp3) is 0.348. The molecule has 0 aliphatic carbocycles. The molecule has 4 aromatic rings. The van der Waals surface area contributed by atoms with Gasteiger partial charge in [-0.2, -0.15) is 10.2 Å². The minimum absolute atomic E-state index is 0.233. The smallest absolute Gasteiger partial charge is 0.132 e. The molecule has 6 nitrogen and oxygen atoms in total. The zero-order chi connectivity index (χ0) is 20.2. The number of aromatic amines is 1. The van der Waals surface area contributed by atoms with Crippen LogP contribution >= 0.6 is 0 Å². The number of rotatable bonds is 3. The number of aromatic nitrogens is 5. The van der Waals surface area contributed by atoms with E-state index in [0.717, 1.165) is 47.6 Å². The van der Waals surface area contributed by atoms with Gasteiger partial charge in [-0.1, -0.05) is 12.1 Å². The Balaban J connectivity index is 1.66. The summed E-state index contributed by atoms with van der Waals surface area (Å²) in [6, 6.07) is 11.8. The summed E-state index contributed by atoms with van der Waals surface area (Å²) in [5.74, 6) is 1.01. The van der Waals surface area contributed by atoms with Gasteiger partial charge < -0.3 is 9.88 Å². The second-order valence-electron chi connectivity index (χ2n) is 8.24. The van der Waals surface area contributed by atoms with Gasteiger partial charge in [0.05, 0.1) is 34.7 Å². The largest absolute Gasteiger partial charge is 0.357 e. The summed E-state index contributed by atoms with van der Waals surface area (Å²) in [4.78, 5) is 12.8. The van der Waals surface area contributed by atoms with Crippen LogP contribution in [-0.4, -0.2) is 31.5 Å². The number of benzene rings is 2. The fourth-order valence-corrected chi connectivity index (χ4v) is 4.50. The molecule has 1 saturated heterocycles. The molecule has 0 bridgehead atoms. The lowest BCUT2D eigenvalue weighted by atomic mass is 9.96. The Morgan fingerprint density at radius 2 is 1.83 bits per heavy atom. The van der Waals surface area contributed by atoms with Crippen LogP contribution in [0.15, 0.2) is 36.7 Å². The van der Waals surface area contributed by atoms with Crippen molar-refractivity contribution in [2.75, 3.05) is 11.4 Å². The first kappa shape index (κ1) is 17.9. The van der Waals surface area contributed by atoms with Crippen molar-refractivity contribution in [1.29, 1.82) is 0 Å². The lowest BCUT2D eigenvalue weighted by Gasteiger charge is -2.37. The van der Waals surface area contributed by atoms with E-state index in [0.29, 0.717) is 0 Å². The lowest BCUT2D eigenvalue weighted by molar-refractivity contribution is 0.465. The van der Waals surface area contributed by atoms with E-state index in [4.69, 9.17) is 4.98 Å². The molecule has 0 spiro atoms. The molecule has 0 unspecified atom stereocenters. The summed E-state index contributed by atoms with van der Waals surface area (Å²) in [6.45, 7) is 9.66. The van der Waals surface area contributed by atoms with Crippen molar-refractivity contribution in [2.45, 2.75) is 46.1 Å². The number of anilines is 1. The topological polar surface area (TPSA) is 62.6 Å². The van der Waals surface area contributed by atoms with Gasteiger partial charge in [-0.3, -0.25) is 0 Å². The molecule has 1 aliphatic rings. The second kappa shape index (κ2) is 6.44. The molecule has 1 radical (unpaired) electrons. The monoisotopic (exact) mass is 385 g/mol. The molecular weight excluding hydrogens is 360 g/mol. The van der Waals surface area contributed by atoms with E-state index in [1.54, 1.807) is 17.2 Å². The predicted octanol–water partition coefficient (Wildman–Crippen LogP) is 4.38. The lowest BCUT2D eigenvalue weighted by Crippen LogP contribution is -2.40. The van der Waals surface area contributed by atoms with Gasteiger partial charge in [0.1, 0.15) is 11.5 Å². The average Bonchev–Trinajstić information content (AvgIpc) is 3.42. The van der Waals surface area contributed by atoms with Crippen LogP contribution in [0.4, 0.5) is 5.69 Å². The van der Waals surface area contributed by atoms with E-state index in [-0.39, 0.29) is 5.54 Å². The van der Waals surface area contributed by atoms with Crippen molar-refractivity contribution in [3.63, 3.8) is 0 Å². The molecule has 147 valence electrons. The first-order valence-corrected chi connectivity index (χ1v) is 10.1. The van der Waals surface area contributed by atoms with Crippen molar-refractivity contribution < 1.29 is 0 Å². The third-order valence-corrected chi connectivity index (χ3v) is 6.29. The Bertz CT molecular complexity index is 1150. The number of imidazole rings is 1. The zero-order valence-corrected chi connectivity index (χ0v) is 17.3. The van der Waals surface area contributed by atoms with E-state index < -0.39 is 0 Å². The average molecular weight is 385 g/mol.